The number of rotatable bonds is 8. The molecule has 1 aliphatic heterocycles. The average molecular weight is 499 g/mol. The number of benzene rings is 2. The van der Waals surface area contributed by atoms with Gasteiger partial charge < -0.3 is 4.74 Å². The first-order chi connectivity index (χ1) is 16.4. The van der Waals surface area contributed by atoms with Gasteiger partial charge in [-0.05, 0) is 61.6 Å². The van der Waals surface area contributed by atoms with Gasteiger partial charge in [-0.15, -0.1) is 0 Å². The predicted octanol–water partition coefficient (Wildman–Crippen LogP) is 5.18. The number of carbonyl (C=O) groups excluding carboxylic acids is 1. The van der Waals surface area contributed by atoms with E-state index < -0.39 is 0 Å². The lowest BCUT2D eigenvalue weighted by Gasteiger charge is -2.33. The fourth-order valence-electron chi connectivity index (χ4n) is 4.20. The largest absolute Gasteiger partial charge is 0.493 e. The van der Waals surface area contributed by atoms with Crippen LogP contribution in [0.3, 0.4) is 0 Å². The Hall–Kier alpha value is -2.54. The first kappa shape index (κ1) is 23.2. The second-order valence-electron chi connectivity index (χ2n) is 9.19. The summed E-state index contributed by atoms with van der Waals surface area (Å²) in [5.74, 6) is 2.27. The van der Waals surface area contributed by atoms with Crippen molar-refractivity contribution in [2.45, 2.75) is 32.9 Å². The first-order valence-electron chi connectivity index (χ1n) is 11.7. The van der Waals surface area contributed by atoms with E-state index in [0.717, 1.165) is 47.3 Å². The summed E-state index contributed by atoms with van der Waals surface area (Å²) < 4.78 is 7.97. The lowest BCUT2D eigenvalue weighted by molar-refractivity contribution is -0.121. The zero-order valence-corrected chi connectivity index (χ0v) is 20.7. The van der Waals surface area contributed by atoms with E-state index in [1.165, 1.54) is 12.8 Å². The van der Waals surface area contributed by atoms with Crippen molar-refractivity contribution in [2.75, 3.05) is 31.1 Å². The molecule has 0 unspecified atom stereocenters. The highest BCUT2D eigenvalue weighted by Crippen LogP contribution is 2.31. The molecule has 2 heterocycles. The van der Waals surface area contributed by atoms with Crippen molar-refractivity contribution in [1.29, 1.82) is 0 Å². The number of nitrogens with zero attached hydrogens (tertiary/aromatic N) is 4. The van der Waals surface area contributed by atoms with Crippen LogP contribution in [-0.4, -0.2) is 46.8 Å². The van der Waals surface area contributed by atoms with Gasteiger partial charge in [-0.1, -0.05) is 35.3 Å². The molecule has 1 saturated carbocycles. The number of aromatic nitrogens is 2. The molecule has 6 nitrogen and oxygen atoms in total. The Morgan fingerprint density at radius 1 is 1.00 bits per heavy atom. The van der Waals surface area contributed by atoms with Crippen LogP contribution in [0.4, 0.5) is 5.82 Å². The smallest absolute Gasteiger partial charge is 0.242 e. The highest BCUT2D eigenvalue weighted by Gasteiger charge is 2.27. The summed E-state index contributed by atoms with van der Waals surface area (Å²) in [7, 11) is 0. The Morgan fingerprint density at radius 3 is 2.50 bits per heavy atom. The minimum atomic E-state index is 0.0566. The van der Waals surface area contributed by atoms with Crippen molar-refractivity contribution in [1.82, 2.24) is 14.7 Å². The second kappa shape index (κ2) is 9.98. The standard InChI is InChI=1S/C26H28Cl2N4O2/c1-18-12-25(31-11-10-30(16-26(31)33)14-19-4-6-22(27)7-5-19)29-32(18)15-21-13-23(28)8-9-24(21)34-17-20-2-3-20/h4-9,12-13,20H,2-3,10-11,14-17H2,1H3. The van der Waals surface area contributed by atoms with Crippen molar-refractivity contribution in [3.05, 3.63) is 75.4 Å². The second-order valence-corrected chi connectivity index (χ2v) is 10.1. The van der Waals surface area contributed by atoms with Gasteiger partial charge >= 0.3 is 0 Å². The molecule has 5 rings (SSSR count). The Kier molecular flexibility index (Phi) is 6.82. The molecule has 1 saturated heterocycles. The van der Waals surface area contributed by atoms with Gasteiger partial charge in [0.15, 0.2) is 5.82 Å². The fourth-order valence-corrected chi connectivity index (χ4v) is 4.52. The van der Waals surface area contributed by atoms with Gasteiger partial charge in [-0.25, -0.2) is 0 Å². The molecule has 0 spiro atoms. The highest BCUT2D eigenvalue weighted by atomic mass is 35.5. The molecule has 0 N–H and O–H groups in total. The van der Waals surface area contributed by atoms with Crippen molar-refractivity contribution in [2.24, 2.45) is 5.92 Å². The number of aryl methyl sites for hydroxylation is 1. The van der Waals surface area contributed by atoms with Crippen LogP contribution in [-0.2, 0) is 17.9 Å². The molecular weight excluding hydrogens is 471 g/mol. The van der Waals surface area contributed by atoms with Gasteiger partial charge in [-0.2, -0.15) is 5.10 Å². The maximum atomic E-state index is 13.0. The molecule has 1 aromatic heterocycles. The minimum absolute atomic E-state index is 0.0566. The molecule has 0 atom stereocenters. The van der Waals surface area contributed by atoms with Gasteiger partial charge in [0.1, 0.15) is 5.75 Å². The van der Waals surface area contributed by atoms with E-state index in [1.54, 1.807) is 4.90 Å². The molecular formula is C26H28Cl2N4O2. The van der Waals surface area contributed by atoms with Gasteiger partial charge in [0, 0.05) is 47.0 Å². The van der Waals surface area contributed by atoms with Crippen molar-refractivity contribution >= 4 is 34.9 Å². The summed E-state index contributed by atoms with van der Waals surface area (Å²) >= 11 is 12.3. The molecule has 2 aliphatic rings. The third-order valence-corrected chi connectivity index (χ3v) is 6.87. The molecule has 8 heteroatoms. The number of hydrogen-bond acceptors (Lipinski definition) is 4. The van der Waals surface area contributed by atoms with Crippen LogP contribution in [0.2, 0.25) is 10.0 Å². The van der Waals surface area contributed by atoms with Crippen LogP contribution in [0.1, 0.15) is 29.7 Å². The number of halogens is 2. The third kappa shape index (κ3) is 5.57. The average Bonchev–Trinajstić information content (AvgIpc) is 3.57. The summed E-state index contributed by atoms with van der Waals surface area (Å²) in [6, 6.07) is 15.5. The van der Waals surface area contributed by atoms with E-state index in [2.05, 4.69) is 4.90 Å². The van der Waals surface area contributed by atoms with Gasteiger partial charge in [0.2, 0.25) is 5.91 Å². The first-order valence-corrected chi connectivity index (χ1v) is 12.4. The number of ether oxygens (including phenoxy) is 1. The van der Waals surface area contributed by atoms with Crippen molar-refractivity contribution < 1.29 is 9.53 Å². The van der Waals surface area contributed by atoms with E-state index in [-0.39, 0.29) is 5.91 Å². The monoisotopic (exact) mass is 498 g/mol. The molecule has 3 aromatic rings. The lowest BCUT2D eigenvalue weighted by Crippen LogP contribution is -2.50. The number of piperazine rings is 1. The fraction of sp³-hybridized carbons (Fsp3) is 0.385. The van der Waals surface area contributed by atoms with E-state index in [0.29, 0.717) is 36.4 Å². The molecule has 2 fully saturated rings. The van der Waals surface area contributed by atoms with Gasteiger partial charge in [0.25, 0.3) is 0 Å². The van der Waals surface area contributed by atoms with Gasteiger partial charge in [0.05, 0.1) is 19.7 Å². The SMILES string of the molecule is Cc1cc(N2CCN(Cc3ccc(Cl)cc3)CC2=O)nn1Cc1cc(Cl)ccc1OCC1CC1. The topological polar surface area (TPSA) is 50.6 Å². The van der Waals surface area contributed by atoms with Crippen LogP contribution < -0.4 is 9.64 Å². The van der Waals surface area contributed by atoms with E-state index in [1.807, 2.05) is 60.1 Å². The Morgan fingerprint density at radius 2 is 1.76 bits per heavy atom. The summed E-state index contributed by atoms with van der Waals surface area (Å²) in [4.78, 5) is 16.9. The number of amides is 1. The van der Waals surface area contributed by atoms with Crippen LogP contribution in [0, 0.1) is 12.8 Å². The van der Waals surface area contributed by atoms with Crippen molar-refractivity contribution in [3.8, 4) is 5.75 Å². The summed E-state index contributed by atoms with van der Waals surface area (Å²) in [6.45, 7) is 5.77. The van der Waals surface area contributed by atoms with Crippen LogP contribution in [0.5, 0.6) is 5.75 Å². The summed E-state index contributed by atoms with van der Waals surface area (Å²) in [5.41, 5.74) is 3.12. The maximum Gasteiger partial charge on any atom is 0.242 e. The van der Waals surface area contributed by atoms with E-state index in [4.69, 9.17) is 33.0 Å². The Bertz CT molecular complexity index is 1170. The highest BCUT2D eigenvalue weighted by molar-refractivity contribution is 6.30. The molecule has 1 aliphatic carbocycles. The molecule has 2 aromatic carbocycles. The summed E-state index contributed by atoms with van der Waals surface area (Å²) in [5, 5.41) is 6.16. The van der Waals surface area contributed by atoms with E-state index >= 15 is 0 Å². The lowest BCUT2D eigenvalue weighted by atomic mass is 10.2. The van der Waals surface area contributed by atoms with Crippen molar-refractivity contribution in [3.63, 3.8) is 0 Å². The quantitative estimate of drug-likeness (QED) is 0.429. The Labute approximate surface area is 210 Å². The molecule has 0 radical (unpaired) electrons. The van der Waals surface area contributed by atoms with Gasteiger partial charge in [-0.3, -0.25) is 19.3 Å². The normalized spacial score (nSPS) is 16.8. The van der Waals surface area contributed by atoms with Crippen LogP contribution >= 0.6 is 23.2 Å². The number of carbonyl (C=O) groups is 1. The molecule has 34 heavy (non-hydrogen) atoms. The summed E-state index contributed by atoms with van der Waals surface area (Å²) in [6.07, 6.45) is 2.48. The third-order valence-electron chi connectivity index (χ3n) is 6.38. The molecule has 0 bridgehead atoms. The predicted molar refractivity (Wildman–Crippen MR) is 135 cm³/mol. The van der Waals surface area contributed by atoms with Crippen LogP contribution in [0.15, 0.2) is 48.5 Å². The Balaban J connectivity index is 1.25. The zero-order valence-electron chi connectivity index (χ0n) is 19.2. The maximum absolute atomic E-state index is 13.0. The van der Waals surface area contributed by atoms with Crippen LogP contribution in [0.25, 0.3) is 0 Å². The zero-order chi connectivity index (χ0) is 23.7. The number of hydrogen-bond donors (Lipinski definition) is 0. The minimum Gasteiger partial charge on any atom is -0.493 e. The molecule has 178 valence electrons. The molecule has 1 amide bonds. The van der Waals surface area contributed by atoms with E-state index in [9.17, 15) is 4.79 Å². The number of anilines is 1.